The number of urea groups is 1. The molecule has 4 fully saturated rings. The number of halogens is 1. The van der Waals surface area contributed by atoms with Crippen molar-refractivity contribution in [2.75, 3.05) is 0 Å². The first-order valence-electron chi connectivity index (χ1n) is 10.1. The molecule has 27 heavy (non-hydrogen) atoms. The predicted octanol–water partition coefficient (Wildman–Crippen LogP) is 1.68. The molecule has 1 spiro atoms. The van der Waals surface area contributed by atoms with E-state index >= 15 is 0 Å². The highest BCUT2D eigenvalue weighted by Gasteiger charge is 2.54. The molecule has 0 aromatic heterocycles. The van der Waals surface area contributed by atoms with Gasteiger partial charge in [-0.2, -0.15) is 0 Å². The zero-order valence-corrected chi connectivity index (χ0v) is 16.7. The van der Waals surface area contributed by atoms with Gasteiger partial charge >= 0.3 is 6.03 Å². The molecule has 0 aromatic carbocycles. The Balaban J connectivity index is 0.00000210. The molecule has 4 aliphatic rings. The lowest BCUT2D eigenvalue weighted by Gasteiger charge is -2.45. The van der Waals surface area contributed by atoms with Crippen LogP contribution >= 0.6 is 12.4 Å². The number of imide groups is 1. The van der Waals surface area contributed by atoms with E-state index in [0.29, 0.717) is 24.7 Å². The van der Waals surface area contributed by atoms with Crippen molar-refractivity contribution in [1.29, 1.82) is 0 Å². The number of nitrogens with two attached hydrogens (primary N) is 1. The Morgan fingerprint density at radius 2 is 1.78 bits per heavy atom. The van der Waals surface area contributed by atoms with Crippen molar-refractivity contribution in [3.05, 3.63) is 0 Å². The van der Waals surface area contributed by atoms with Gasteiger partial charge in [-0.25, -0.2) is 9.69 Å². The van der Waals surface area contributed by atoms with E-state index in [1.807, 2.05) is 0 Å². The van der Waals surface area contributed by atoms with E-state index in [4.69, 9.17) is 5.73 Å². The largest absolute Gasteiger partial charge is 0.351 e. The number of hydrogen-bond donors (Lipinski definition) is 3. The van der Waals surface area contributed by atoms with Crippen LogP contribution in [0.4, 0.5) is 4.79 Å². The van der Waals surface area contributed by atoms with Crippen molar-refractivity contribution in [3.63, 3.8) is 0 Å². The molecule has 8 heteroatoms. The Hall–Kier alpha value is -1.34. The SMILES string of the molecule is CC(C(=O)NC1C2CCCC1CC(N)C2)N1C(=O)NC2(CCCC2)C1=O.Cl. The molecule has 1 saturated heterocycles. The van der Waals surface area contributed by atoms with E-state index in [9.17, 15) is 14.4 Å². The molecule has 2 bridgehead atoms. The number of carbonyl (C=O) groups excluding carboxylic acids is 3. The molecule has 3 atom stereocenters. The van der Waals surface area contributed by atoms with Crippen LogP contribution in [0.1, 0.15) is 64.7 Å². The number of amides is 4. The molecule has 3 saturated carbocycles. The maximum Gasteiger partial charge on any atom is 0.325 e. The van der Waals surface area contributed by atoms with Gasteiger partial charge in [0.05, 0.1) is 0 Å². The minimum Gasteiger partial charge on any atom is -0.351 e. The van der Waals surface area contributed by atoms with Crippen LogP contribution in [-0.2, 0) is 9.59 Å². The molecule has 4 N–H and O–H groups in total. The third-order valence-electron chi connectivity index (χ3n) is 7.10. The van der Waals surface area contributed by atoms with Crippen LogP contribution in [-0.4, -0.2) is 46.4 Å². The van der Waals surface area contributed by atoms with E-state index in [2.05, 4.69) is 10.6 Å². The molecular formula is C19H31ClN4O3. The summed E-state index contributed by atoms with van der Waals surface area (Å²) < 4.78 is 0. The van der Waals surface area contributed by atoms with Gasteiger partial charge in [0.25, 0.3) is 5.91 Å². The standard InChI is InChI=1S/C19H30N4O3.ClH/c1-11(23-17(25)19(22-18(23)26)7-2-3-8-19)16(24)21-15-12-5-4-6-13(15)10-14(20)9-12;/h11-15H,2-10,20H2,1H3,(H,21,24)(H,22,26);1H. The summed E-state index contributed by atoms with van der Waals surface area (Å²) >= 11 is 0. The fourth-order valence-electron chi connectivity index (χ4n) is 5.74. The van der Waals surface area contributed by atoms with Crippen LogP contribution in [0.2, 0.25) is 0 Å². The quantitative estimate of drug-likeness (QED) is 0.629. The van der Waals surface area contributed by atoms with Gasteiger partial charge in [-0.1, -0.05) is 19.3 Å². The number of nitrogens with zero attached hydrogens (tertiary/aromatic N) is 1. The molecule has 1 aliphatic heterocycles. The summed E-state index contributed by atoms with van der Waals surface area (Å²) in [5, 5.41) is 6.02. The number of nitrogens with one attached hydrogen (secondary N) is 2. The van der Waals surface area contributed by atoms with E-state index in [0.717, 1.165) is 43.4 Å². The molecule has 152 valence electrons. The molecule has 3 unspecified atom stereocenters. The van der Waals surface area contributed by atoms with Gasteiger partial charge in [-0.3, -0.25) is 9.59 Å². The third kappa shape index (κ3) is 3.44. The monoisotopic (exact) mass is 398 g/mol. The Bertz CT molecular complexity index is 608. The van der Waals surface area contributed by atoms with E-state index in [1.165, 1.54) is 6.42 Å². The maximum absolute atomic E-state index is 12.9. The Morgan fingerprint density at radius 1 is 1.19 bits per heavy atom. The summed E-state index contributed by atoms with van der Waals surface area (Å²) in [6.07, 6.45) is 8.49. The van der Waals surface area contributed by atoms with Crippen molar-refractivity contribution < 1.29 is 14.4 Å². The highest BCUT2D eigenvalue weighted by atomic mass is 35.5. The molecule has 7 nitrogen and oxygen atoms in total. The average Bonchev–Trinajstić information content (AvgIpc) is 3.13. The van der Waals surface area contributed by atoms with Crippen molar-refractivity contribution in [3.8, 4) is 0 Å². The van der Waals surface area contributed by atoms with Gasteiger partial charge in [0.15, 0.2) is 0 Å². The lowest BCUT2D eigenvalue weighted by Crippen LogP contribution is -2.58. The summed E-state index contributed by atoms with van der Waals surface area (Å²) in [7, 11) is 0. The highest BCUT2D eigenvalue weighted by Crippen LogP contribution is 2.40. The summed E-state index contributed by atoms with van der Waals surface area (Å²) in [6.45, 7) is 1.66. The zero-order chi connectivity index (χ0) is 18.5. The summed E-state index contributed by atoms with van der Waals surface area (Å²) in [6, 6.07) is -0.854. The van der Waals surface area contributed by atoms with Gasteiger partial charge in [0, 0.05) is 12.1 Å². The second kappa shape index (κ2) is 7.59. The van der Waals surface area contributed by atoms with E-state index < -0.39 is 17.6 Å². The van der Waals surface area contributed by atoms with Crippen molar-refractivity contribution in [1.82, 2.24) is 15.5 Å². The minimum absolute atomic E-state index is 0. The Morgan fingerprint density at radius 3 is 2.37 bits per heavy atom. The fourth-order valence-corrected chi connectivity index (χ4v) is 5.74. The lowest BCUT2D eigenvalue weighted by atomic mass is 9.67. The van der Waals surface area contributed by atoms with Crippen LogP contribution in [0.5, 0.6) is 0 Å². The van der Waals surface area contributed by atoms with E-state index in [-0.39, 0.29) is 36.3 Å². The maximum atomic E-state index is 12.9. The van der Waals surface area contributed by atoms with Crippen LogP contribution in [0, 0.1) is 11.8 Å². The Labute approximate surface area is 166 Å². The number of carbonyl (C=O) groups is 3. The molecule has 1 heterocycles. The van der Waals surface area contributed by atoms with Gasteiger partial charge < -0.3 is 16.4 Å². The smallest absolute Gasteiger partial charge is 0.325 e. The first-order valence-corrected chi connectivity index (χ1v) is 10.1. The second-order valence-corrected chi connectivity index (χ2v) is 8.79. The minimum atomic E-state index is -0.779. The second-order valence-electron chi connectivity index (χ2n) is 8.79. The fraction of sp³-hybridized carbons (Fsp3) is 0.842. The lowest BCUT2D eigenvalue weighted by molar-refractivity contribution is -0.138. The third-order valence-corrected chi connectivity index (χ3v) is 7.10. The van der Waals surface area contributed by atoms with Gasteiger partial charge in [0.1, 0.15) is 11.6 Å². The van der Waals surface area contributed by atoms with Crippen LogP contribution in [0.15, 0.2) is 0 Å². The van der Waals surface area contributed by atoms with Crippen molar-refractivity contribution >= 4 is 30.3 Å². The van der Waals surface area contributed by atoms with Crippen LogP contribution < -0.4 is 16.4 Å². The summed E-state index contributed by atoms with van der Waals surface area (Å²) in [5.74, 6) is 0.380. The molecule has 0 radical (unpaired) electrons. The van der Waals surface area contributed by atoms with Crippen molar-refractivity contribution in [2.24, 2.45) is 17.6 Å². The molecule has 3 aliphatic carbocycles. The first-order chi connectivity index (χ1) is 12.4. The summed E-state index contributed by atoms with van der Waals surface area (Å²) in [5.41, 5.74) is 5.40. The highest BCUT2D eigenvalue weighted by molar-refractivity contribution is 6.10. The number of hydrogen-bond acceptors (Lipinski definition) is 4. The molecular weight excluding hydrogens is 368 g/mol. The van der Waals surface area contributed by atoms with Gasteiger partial charge in [-0.15, -0.1) is 12.4 Å². The zero-order valence-electron chi connectivity index (χ0n) is 15.9. The van der Waals surface area contributed by atoms with Gasteiger partial charge in [-0.05, 0) is 57.3 Å². The Kier molecular flexibility index (Phi) is 5.73. The molecule has 4 amide bonds. The summed E-state index contributed by atoms with van der Waals surface area (Å²) in [4.78, 5) is 39.3. The van der Waals surface area contributed by atoms with Crippen molar-refractivity contribution in [2.45, 2.75) is 88.4 Å². The van der Waals surface area contributed by atoms with Crippen LogP contribution in [0.3, 0.4) is 0 Å². The predicted molar refractivity (Wildman–Crippen MR) is 103 cm³/mol. The van der Waals surface area contributed by atoms with Gasteiger partial charge in [0.2, 0.25) is 5.91 Å². The molecule has 4 rings (SSSR count). The molecule has 0 aromatic rings. The average molecular weight is 399 g/mol. The topological polar surface area (TPSA) is 105 Å². The number of rotatable bonds is 3. The normalized spacial score (nSPS) is 35.6. The van der Waals surface area contributed by atoms with E-state index in [1.54, 1.807) is 6.92 Å². The first kappa shape index (κ1) is 20.4. The van der Waals surface area contributed by atoms with Crippen LogP contribution in [0.25, 0.3) is 0 Å². The number of fused-ring (bicyclic) bond motifs is 2.